The van der Waals surface area contributed by atoms with Crippen LogP contribution in [0.4, 0.5) is 0 Å². The maximum atomic E-state index is 11.9. The molecule has 0 aliphatic heterocycles. The fourth-order valence-corrected chi connectivity index (χ4v) is 1.86. The number of carbonyl (C=O) groups is 3. The van der Waals surface area contributed by atoms with E-state index in [-0.39, 0.29) is 16.7 Å². The molecule has 1 rings (SSSR count). The van der Waals surface area contributed by atoms with Gasteiger partial charge in [-0.05, 0) is 24.6 Å². The van der Waals surface area contributed by atoms with Crippen LogP contribution >= 0.6 is 0 Å². The summed E-state index contributed by atoms with van der Waals surface area (Å²) in [6.07, 6.45) is 4.03. The molecule has 6 heteroatoms. The van der Waals surface area contributed by atoms with Crippen LogP contribution in [-0.4, -0.2) is 34.6 Å². The van der Waals surface area contributed by atoms with E-state index in [1.165, 1.54) is 12.1 Å². The molecule has 0 spiro atoms. The van der Waals surface area contributed by atoms with Crippen molar-refractivity contribution >= 4 is 17.8 Å². The van der Waals surface area contributed by atoms with Gasteiger partial charge in [0.15, 0.2) is 0 Å². The normalized spacial score (nSPS) is 10.1. The van der Waals surface area contributed by atoms with Crippen molar-refractivity contribution in [1.29, 1.82) is 0 Å². The van der Waals surface area contributed by atoms with Crippen LogP contribution in [0.3, 0.4) is 0 Å². The summed E-state index contributed by atoms with van der Waals surface area (Å²) in [6, 6.07) is 3.38. The van der Waals surface area contributed by atoms with Crippen molar-refractivity contribution in [2.24, 2.45) is 0 Å². The summed E-state index contributed by atoms with van der Waals surface area (Å²) in [5.74, 6) is -3.00. The Labute approximate surface area is 122 Å². The molecule has 0 aliphatic rings. The van der Waals surface area contributed by atoms with Gasteiger partial charge in [0.1, 0.15) is 0 Å². The van der Waals surface area contributed by atoms with E-state index >= 15 is 0 Å². The number of unbranched alkanes of at least 4 members (excludes halogenated alkanes) is 3. The number of aromatic carboxylic acids is 2. The Bertz CT molecular complexity index is 507. The van der Waals surface area contributed by atoms with E-state index in [0.717, 1.165) is 31.7 Å². The highest BCUT2D eigenvalue weighted by molar-refractivity contribution is 6.01. The third kappa shape index (κ3) is 5.25. The van der Waals surface area contributed by atoms with E-state index in [4.69, 9.17) is 10.2 Å². The molecule has 0 atom stereocenters. The molecule has 6 nitrogen and oxygen atoms in total. The summed E-state index contributed by atoms with van der Waals surface area (Å²) in [6.45, 7) is 2.57. The van der Waals surface area contributed by atoms with E-state index < -0.39 is 17.8 Å². The summed E-state index contributed by atoms with van der Waals surface area (Å²) in [4.78, 5) is 33.8. The summed E-state index contributed by atoms with van der Waals surface area (Å²) in [5, 5.41) is 20.6. The van der Waals surface area contributed by atoms with Gasteiger partial charge in [-0.15, -0.1) is 0 Å². The number of carboxylic acids is 2. The third-order valence-electron chi connectivity index (χ3n) is 3.00. The maximum Gasteiger partial charge on any atom is 0.335 e. The van der Waals surface area contributed by atoms with Crippen LogP contribution in [-0.2, 0) is 0 Å². The predicted octanol–water partition coefficient (Wildman–Crippen LogP) is 2.39. The van der Waals surface area contributed by atoms with E-state index in [0.29, 0.717) is 6.54 Å². The first-order valence-electron chi connectivity index (χ1n) is 6.85. The van der Waals surface area contributed by atoms with Crippen molar-refractivity contribution in [3.63, 3.8) is 0 Å². The predicted molar refractivity (Wildman–Crippen MR) is 76.8 cm³/mol. The van der Waals surface area contributed by atoms with Crippen LogP contribution in [0.25, 0.3) is 0 Å². The van der Waals surface area contributed by atoms with Gasteiger partial charge in [-0.2, -0.15) is 0 Å². The minimum absolute atomic E-state index is 0.0443. The summed E-state index contributed by atoms with van der Waals surface area (Å²) in [5.41, 5.74) is -0.389. The van der Waals surface area contributed by atoms with Crippen molar-refractivity contribution < 1.29 is 24.6 Å². The van der Waals surface area contributed by atoms with Gasteiger partial charge in [0.2, 0.25) is 0 Å². The Morgan fingerprint density at radius 2 is 1.43 bits per heavy atom. The van der Waals surface area contributed by atoms with Crippen LogP contribution in [0.5, 0.6) is 0 Å². The second-order valence-corrected chi connectivity index (χ2v) is 4.73. The average molecular weight is 293 g/mol. The zero-order chi connectivity index (χ0) is 15.8. The number of amides is 1. The van der Waals surface area contributed by atoms with Gasteiger partial charge in [-0.25, -0.2) is 9.59 Å². The molecule has 0 saturated heterocycles. The first-order chi connectivity index (χ1) is 9.95. The second-order valence-electron chi connectivity index (χ2n) is 4.73. The van der Waals surface area contributed by atoms with Gasteiger partial charge in [0, 0.05) is 12.1 Å². The second kappa shape index (κ2) is 8.04. The lowest BCUT2D eigenvalue weighted by Gasteiger charge is -2.07. The Morgan fingerprint density at radius 3 is 1.90 bits per heavy atom. The summed E-state index contributed by atoms with van der Waals surface area (Å²) in [7, 11) is 0. The molecule has 0 unspecified atom stereocenters. The zero-order valence-corrected chi connectivity index (χ0v) is 11.9. The van der Waals surface area contributed by atoms with E-state index in [2.05, 4.69) is 12.2 Å². The zero-order valence-electron chi connectivity index (χ0n) is 11.9. The van der Waals surface area contributed by atoms with Gasteiger partial charge >= 0.3 is 11.9 Å². The Balaban J connectivity index is 2.78. The minimum atomic E-state index is -1.27. The summed E-state index contributed by atoms with van der Waals surface area (Å²) < 4.78 is 0. The topological polar surface area (TPSA) is 104 Å². The Hall–Kier alpha value is -2.37. The fraction of sp³-hybridized carbons (Fsp3) is 0.400. The third-order valence-corrected chi connectivity index (χ3v) is 3.00. The molecule has 0 fully saturated rings. The molecule has 3 N–H and O–H groups in total. The monoisotopic (exact) mass is 293 g/mol. The number of rotatable bonds is 8. The molecule has 0 bridgehead atoms. The average Bonchev–Trinajstić information content (AvgIpc) is 2.46. The molecule has 0 radical (unpaired) electrons. The quantitative estimate of drug-likeness (QED) is 0.638. The van der Waals surface area contributed by atoms with Crippen LogP contribution < -0.4 is 5.32 Å². The molecule has 0 heterocycles. The smallest absolute Gasteiger partial charge is 0.335 e. The van der Waals surface area contributed by atoms with Crippen molar-refractivity contribution in [3.8, 4) is 0 Å². The molecule has 0 saturated carbocycles. The lowest BCUT2D eigenvalue weighted by molar-refractivity contribution is 0.0696. The number of carbonyl (C=O) groups excluding carboxylic acids is 1. The van der Waals surface area contributed by atoms with E-state index in [9.17, 15) is 14.4 Å². The van der Waals surface area contributed by atoms with Gasteiger partial charge < -0.3 is 15.5 Å². The lowest BCUT2D eigenvalue weighted by Crippen LogP contribution is -2.25. The first kappa shape index (κ1) is 16.7. The molecular formula is C15H19NO5. The van der Waals surface area contributed by atoms with Crippen LogP contribution in [0.2, 0.25) is 0 Å². The highest BCUT2D eigenvalue weighted by atomic mass is 16.4. The molecular weight excluding hydrogens is 274 g/mol. The molecule has 114 valence electrons. The maximum absolute atomic E-state index is 11.9. The number of hydrogen-bond donors (Lipinski definition) is 3. The van der Waals surface area contributed by atoms with Gasteiger partial charge in [-0.1, -0.05) is 26.2 Å². The van der Waals surface area contributed by atoms with Gasteiger partial charge in [0.25, 0.3) is 5.91 Å². The summed E-state index contributed by atoms with van der Waals surface area (Å²) >= 11 is 0. The number of benzene rings is 1. The van der Waals surface area contributed by atoms with Crippen LogP contribution in [0.15, 0.2) is 18.2 Å². The Kier molecular flexibility index (Phi) is 6.39. The Morgan fingerprint density at radius 1 is 0.905 bits per heavy atom. The molecule has 1 amide bonds. The van der Waals surface area contributed by atoms with E-state index in [1.807, 2.05) is 0 Å². The highest BCUT2D eigenvalue weighted by Gasteiger charge is 2.15. The number of nitrogens with one attached hydrogen (secondary N) is 1. The highest BCUT2D eigenvalue weighted by Crippen LogP contribution is 2.11. The molecule has 21 heavy (non-hydrogen) atoms. The largest absolute Gasteiger partial charge is 0.478 e. The minimum Gasteiger partial charge on any atom is -0.478 e. The molecule has 1 aromatic carbocycles. The van der Waals surface area contributed by atoms with E-state index in [1.54, 1.807) is 0 Å². The molecule has 0 aliphatic carbocycles. The SMILES string of the molecule is CCCCCCNC(=O)c1cc(C(=O)O)cc(C(=O)O)c1. The fourth-order valence-electron chi connectivity index (χ4n) is 1.86. The van der Waals surface area contributed by atoms with Crippen molar-refractivity contribution in [3.05, 3.63) is 34.9 Å². The van der Waals surface area contributed by atoms with Gasteiger partial charge in [-0.3, -0.25) is 4.79 Å². The van der Waals surface area contributed by atoms with Crippen LogP contribution in [0.1, 0.15) is 63.7 Å². The standard InChI is InChI=1S/C15H19NO5/c1-2-3-4-5-6-16-13(17)10-7-11(14(18)19)9-12(8-10)15(20)21/h7-9H,2-6H2,1H3,(H,16,17)(H,18,19)(H,20,21). The van der Waals surface area contributed by atoms with Gasteiger partial charge in [0.05, 0.1) is 11.1 Å². The van der Waals surface area contributed by atoms with Crippen molar-refractivity contribution in [2.45, 2.75) is 32.6 Å². The number of hydrogen-bond acceptors (Lipinski definition) is 3. The van der Waals surface area contributed by atoms with Crippen molar-refractivity contribution in [1.82, 2.24) is 5.32 Å². The molecule has 1 aromatic rings. The first-order valence-corrected chi connectivity index (χ1v) is 6.85. The number of carboxylic acid groups (broad SMARTS) is 2. The van der Waals surface area contributed by atoms with Crippen LogP contribution in [0, 0.1) is 0 Å². The lowest BCUT2D eigenvalue weighted by atomic mass is 10.0. The molecule has 0 aromatic heterocycles. The van der Waals surface area contributed by atoms with Crippen molar-refractivity contribution in [2.75, 3.05) is 6.54 Å².